The molecule has 0 amide bonds. The summed E-state index contributed by atoms with van der Waals surface area (Å²) < 4.78 is 1.07. The molecule has 2 aromatic carbocycles. The molecular weight excluding hydrogens is 326 g/mol. The third-order valence-corrected chi connectivity index (χ3v) is 4.57. The lowest BCUT2D eigenvalue weighted by atomic mass is 9.90. The van der Waals surface area contributed by atoms with Gasteiger partial charge in [0.05, 0.1) is 12.1 Å². The predicted octanol–water partition coefficient (Wildman–Crippen LogP) is 3.81. The van der Waals surface area contributed by atoms with Gasteiger partial charge in [-0.2, -0.15) is 0 Å². The van der Waals surface area contributed by atoms with Crippen molar-refractivity contribution in [3.05, 3.63) is 64.1 Å². The molecule has 0 aliphatic carbocycles. The standard InChI is InChI=1S/C17H18BrN3/c1-12-6-3-4-9-15(12)21-16(19)20-11-17(21,2)13-7-5-8-14(18)10-13/h3-10H,11H2,1-2H3,(H2,19,20). The van der Waals surface area contributed by atoms with E-state index >= 15 is 0 Å². The van der Waals surface area contributed by atoms with Crippen LogP contribution in [0.4, 0.5) is 5.69 Å². The highest BCUT2D eigenvalue weighted by atomic mass is 79.9. The van der Waals surface area contributed by atoms with E-state index in [-0.39, 0.29) is 5.54 Å². The SMILES string of the molecule is Cc1ccccc1N1C(N)=NCC1(C)c1cccc(Br)c1. The number of nitrogens with two attached hydrogens (primary N) is 1. The van der Waals surface area contributed by atoms with Gasteiger partial charge >= 0.3 is 0 Å². The van der Waals surface area contributed by atoms with Crippen LogP contribution < -0.4 is 10.6 Å². The third kappa shape index (κ3) is 2.33. The number of nitrogens with zero attached hydrogens (tertiary/aromatic N) is 2. The zero-order valence-corrected chi connectivity index (χ0v) is 13.8. The molecule has 1 unspecified atom stereocenters. The van der Waals surface area contributed by atoms with Crippen molar-refractivity contribution in [1.29, 1.82) is 0 Å². The van der Waals surface area contributed by atoms with E-state index in [1.54, 1.807) is 0 Å². The molecule has 4 heteroatoms. The van der Waals surface area contributed by atoms with Crippen LogP contribution in [0.25, 0.3) is 0 Å². The highest BCUT2D eigenvalue weighted by Gasteiger charge is 2.41. The second kappa shape index (κ2) is 5.19. The van der Waals surface area contributed by atoms with Crippen LogP contribution in [0, 0.1) is 6.92 Å². The van der Waals surface area contributed by atoms with Crippen LogP contribution in [0.3, 0.4) is 0 Å². The largest absolute Gasteiger partial charge is 0.369 e. The summed E-state index contributed by atoms with van der Waals surface area (Å²) in [5.74, 6) is 0.576. The lowest BCUT2D eigenvalue weighted by molar-refractivity contribution is 0.532. The van der Waals surface area contributed by atoms with Crippen LogP contribution in [-0.4, -0.2) is 12.5 Å². The molecule has 1 heterocycles. The fourth-order valence-corrected chi connectivity index (χ4v) is 3.28. The van der Waals surface area contributed by atoms with Gasteiger partial charge in [0.1, 0.15) is 0 Å². The van der Waals surface area contributed by atoms with Gasteiger partial charge in [-0.3, -0.25) is 4.99 Å². The quantitative estimate of drug-likeness (QED) is 0.900. The number of benzene rings is 2. The summed E-state index contributed by atoms with van der Waals surface area (Å²) in [7, 11) is 0. The van der Waals surface area contributed by atoms with Crippen molar-refractivity contribution in [3.63, 3.8) is 0 Å². The van der Waals surface area contributed by atoms with E-state index in [1.165, 1.54) is 11.1 Å². The minimum atomic E-state index is -0.264. The van der Waals surface area contributed by atoms with Crippen molar-refractivity contribution in [2.45, 2.75) is 19.4 Å². The summed E-state index contributed by atoms with van der Waals surface area (Å²) in [4.78, 5) is 6.64. The highest BCUT2D eigenvalue weighted by molar-refractivity contribution is 9.10. The number of anilines is 1. The van der Waals surface area contributed by atoms with Gasteiger partial charge in [-0.25, -0.2) is 0 Å². The van der Waals surface area contributed by atoms with E-state index < -0.39 is 0 Å². The Bertz CT molecular complexity index is 711. The van der Waals surface area contributed by atoms with Crippen molar-refractivity contribution in [1.82, 2.24) is 0 Å². The number of hydrogen-bond donors (Lipinski definition) is 1. The molecule has 1 atom stereocenters. The van der Waals surface area contributed by atoms with Gasteiger partial charge in [0.2, 0.25) is 0 Å². The average Bonchev–Trinajstić information content (AvgIpc) is 2.77. The second-order valence-corrected chi connectivity index (χ2v) is 6.50. The van der Waals surface area contributed by atoms with Crippen LogP contribution in [0.5, 0.6) is 0 Å². The van der Waals surface area contributed by atoms with E-state index in [0.29, 0.717) is 12.5 Å². The number of halogens is 1. The molecule has 2 N–H and O–H groups in total. The monoisotopic (exact) mass is 343 g/mol. The molecule has 0 saturated carbocycles. The number of aliphatic imine (C=N–C) groups is 1. The maximum absolute atomic E-state index is 6.20. The lowest BCUT2D eigenvalue weighted by Gasteiger charge is -2.37. The van der Waals surface area contributed by atoms with Crippen molar-refractivity contribution in [2.75, 3.05) is 11.4 Å². The van der Waals surface area contributed by atoms with Crippen LogP contribution in [0.1, 0.15) is 18.1 Å². The van der Waals surface area contributed by atoms with E-state index in [2.05, 4.69) is 70.0 Å². The van der Waals surface area contributed by atoms with Gasteiger partial charge in [0.25, 0.3) is 0 Å². The molecule has 0 fully saturated rings. The maximum Gasteiger partial charge on any atom is 0.196 e. The lowest BCUT2D eigenvalue weighted by Crippen LogP contribution is -2.48. The van der Waals surface area contributed by atoms with Gasteiger partial charge in [-0.05, 0) is 43.2 Å². The first-order chi connectivity index (χ1) is 10.0. The first kappa shape index (κ1) is 14.1. The van der Waals surface area contributed by atoms with E-state index in [0.717, 1.165) is 10.2 Å². The van der Waals surface area contributed by atoms with Crippen LogP contribution in [0.2, 0.25) is 0 Å². The van der Waals surface area contributed by atoms with Crippen molar-refractivity contribution < 1.29 is 0 Å². The molecule has 0 saturated heterocycles. The number of rotatable bonds is 2. The maximum atomic E-state index is 6.20. The Morgan fingerprint density at radius 3 is 2.67 bits per heavy atom. The van der Waals surface area contributed by atoms with E-state index in [9.17, 15) is 0 Å². The number of guanidine groups is 1. The molecular formula is C17H18BrN3. The minimum absolute atomic E-state index is 0.264. The molecule has 1 aliphatic rings. The Morgan fingerprint density at radius 2 is 1.95 bits per heavy atom. The normalized spacial score (nSPS) is 21.5. The van der Waals surface area contributed by atoms with E-state index in [1.807, 2.05) is 18.2 Å². The number of para-hydroxylation sites is 1. The molecule has 108 valence electrons. The van der Waals surface area contributed by atoms with Gasteiger partial charge in [0.15, 0.2) is 5.96 Å². The molecule has 0 aromatic heterocycles. The number of hydrogen-bond acceptors (Lipinski definition) is 3. The molecule has 2 aromatic rings. The molecule has 1 aliphatic heterocycles. The third-order valence-electron chi connectivity index (χ3n) is 4.07. The van der Waals surface area contributed by atoms with Gasteiger partial charge < -0.3 is 10.6 Å². The first-order valence-electron chi connectivity index (χ1n) is 6.94. The summed E-state index contributed by atoms with van der Waals surface area (Å²) >= 11 is 3.55. The predicted molar refractivity (Wildman–Crippen MR) is 91.6 cm³/mol. The molecule has 3 nitrogen and oxygen atoms in total. The summed E-state index contributed by atoms with van der Waals surface area (Å²) in [6, 6.07) is 16.6. The topological polar surface area (TPSA) is 41.6 Å². The summed E-state index contributed by atoms with van der Waals surface area (Å²) in [6.07, 6.45) is 0. The Labute approximate surface area is 133 Å². The Kier molecular flexibility index (Phi) is 3.49. The van der Waals surface area contributed by atoms with Crippen molar-refractivity contribution in [2.24, 2.45) is 10.7 Å². The number of aryl methyl sites for hydroxylation is 1. The Hall–Kier alpha value is -1.81. The van der Waals surface area contributed by atoms with Crippen molar-refractivity contribution >= 4 is 27.6 Å². The zero-order chi connectivity index (χ0) is 15.0. The molecule has 0 radical (unpaired) electrons. The minimum Gasteiger partial charge on any atom is -0.369 e. The molecule has 0 bridgehead atoms. The summed E-state index contributed by atoms with van der Waals surface area (Å²) in [5.41, 5.74) is 9.43. The van der Waals surface area contributed by atoms with Gasteiger partial charge in [0, 0.05) is 10.2 Å². The van der Waals surface area contributed by atoms with Crippen molar-refractivity contribution in [3.8, 4) is 0 Å². The van der Waals surface area contributed by atoms with E-state index in [4.69, 9.17) is 5.73 Å². The Morgan fingerprint density at radius 1 is 1.19 bits per heavy atom. The van der Waals surface area contributed by atoms with Crippen LogP contribution in [0.15, 0.2) is 58.0 Å². The van der Waals surface area contributed by atoms with Crippen LogP contribution >= 0.6 is 15.9 Å². The smallest absolute Gasteiger partial charge is 0.196 e. The molecule has 21 heavy (non-hydrogen) atoms. The fourth-order valence-electron chi connectivity index (χ4n) is 2.88. The summed E-state index contributed by atoms with van der Waals surface area (Å²) in [5, 5.41) is 0. The molecule has 0 spiro atoms. The fraction of sp³-hybridized carbons (Fsp3) is 0.235. The second-order valence-electron chi connectivity index (χ2n) is 5.58. The average molecular weight is 344 g/mol. The summed E-state index contributed by atoms with van der Waals surface area (Å²) in [6.45, 7) is 4.94. The van der Waals surface area contributed by atoms with Crippen LogP contribution in [-0.2, 0) is 5.54 Å². The Balaban J connectivity index is 2.13. The van der Waals surface area contributed by atoms with Gasteiger partial charge in [-0.15, -0.1) is 0 Å². The molecule has 3 rings (SSSR count). The first-order valence-corrected chi connectivity index (χ1v) is 7.73. The van der Waals surface area contributed by atoms with Gasteiger partial charge in [-0.1, -0.05) is 46.3 Å². The highest BCUT2D eigenvalue weighted by Crippen LogP contribution is 2.38. The zero-order valence-electron chi connectivity index (χ0n) is 12.2.